The fourth-order valence-electron chi connectivity index (χ4n) is 1.77. The van der Waals surface area contributed by atoms with Gasteiger partial charge in [-0.1, -0.05) is 0 Å². The van der Waals surface area contributed by atoms with E-state index in [-0.39, 0.29) is 18.7 Å². The number of nitrogens with one attached hydrogen (secondary N) is 1. The zero-order chi connectivity index (χ0) is 11.7. The number of aliphatic hydroxyl groups is 2. The van der Waals surface area contributed by atoms with Crippen LogP contribution in [-0.4, -0.2) is 52.7 Å². The largest absolute Gasteiger partial charge is 0.394 e. The van der Waals surface area contributed by atoms with E-state index in [4.69, 9.17) is 9.84 Å². The molecule has 0 aromatic rings. The third-order valence-corrected chi connectivity index (χ3v) is 3.44. The van der Waals surface area contributed by atoms with E-state index >= 15 is 0 Å². The Morgan fingerprint density at radius 1 is 1.69 bits per heavy atom. The van der Waals surface area contributed by atoms with Gasteiger partial charge in [0.15, 0.2) is 0 Å². The first-order valence-electron chi connectivity index (χ1n) is 4.97. The van der Waals surface area contributed by atoms with E-state index in [2.05, 4.69) is 5.32 Å². The minimum Gasteiger partial charge on any atom is -0.394 e. The van der Waals surface area contributed by atoms with Gasteiger partial charge in [-0.2, -0.15) is 0 Å². The van der Waals surface area contributed by atoms with Crippen LogP contribution in [0.15, 0.2) is 9.78 Å². The third kappa shape index (κ3) is 2.31. The lowest BCUT2D eigenvalue weighted by atomic mass is 10.2. The van der Waals surface area contributed by atoms with E-state index in [1.807, 2.05) is 27.5 Å². The van der Waals surface area contributed by atoms with Crippen LogP contribution in [-0.2, 0) is 9.53 Å². The molecule has 0 spiro atoms. The molecule has 1 unspecified atom stereocenters. The number of ether oxygens (including phenoxy) is 1. The highest BCUT2D eigenvalue weighted by Crippen LogP contribution is 2.25. The second kappa shape index (κ2) is 4.86. The maximum Gasteiger partial charge on any atom is 0.260 e. The quantitative estimate of drug-likeness (QED) is 0.569. The van der Waals surface area contributed by atoms with E-state index < -0.39 is 12.2 Å². The molecular weight excluding hydrogens is 327 g/mol. The van der Waals surface area contributed by atoms with Crippen molar-refractivity contribution in [3.05, 3.63) is 9.78 Å². The van der Waals surface area contributed by atoms with Gasteiger partial charge in [-0.25, -0.2) is 0 Å². The number of aliphatic hydroxyl groups excluding tert-OH is 2. The Balaban J connectivity index is 2.02. The van der Waals surface area contributed by atoms with Crippen molar-refractivity contribution < 1.29 is 19.7 Å². The maximum absolute atomic E-state index is 11.2. The van der Waals surface area contributed by atoms with Gasteiger partial charge in [-0.05, 0) is 22.6 Å². The second-order valence-electron chi connectivity index (χ2n) is 3.77. The molecule has 1 fully saturated rings. The predicted molar refractivity (Wildman–Crippen MR) is 63.3 cm³/mol. The molecule has 2 rings (SSSR count). The van der Waals surface area contributed by atoms with Crippen LogP contribution in [0.1, 0.15) is 6.42 Å². The van der Waals surface area contributed by atoms with Crippen molar-refractivity contribution in [1.29, 1.82) is 0 Å². The zero-order valence-electron chi connectivity index (χ0n) is 8.47. The summed E-state index contributed by atoms with van der Waals surface area (Å²) in [6.45, 7) is 0.166. The molecule has 0 aromatic heterocycles. The van der Waals surface area contributed by atoms with Gasteiger partial charge in [0.1, 0.15) is 12.3 Å². The highest BCUT2D eigenvalue weighted by molar-refractivity contribution is 14.1. The molecule has 2 aliphatic rings. The number of hydrogen-bond acceptors (Lipinski definition) is 5. The number of rotatable bonds is 2. The summed E-state index contributed by atoms with van der Waals surface area (Å²) >= 11 is 1.94. The molecule has 16 heavy (non-hydrogen) atoms. The van der Waals surface area contributed by atoms with Crippen LogP contribution in [0.2, 0.25) is 0 Å². The van der Waals surface area contributed by atoms with E-state index in [0.717, 1.165) is 0 Å². The van der Waals surface area contributed by atoms with Crippen molar-refractivity contribution in [2.24, 2.45) is 0 Å². The summed E-state index contributed by atoms with van der Waals surface area (Å²) in [6.07, 6.45) is 0.655. The average molecular weight is 340 g/mol. The van der Waals surface area contributed by atoms with Crippen molar-refractivity contribution in [3.63, 3.8) is 0 Å². The standard InChI is InChI=1S/C9H13IN2O4/c10-5-2-12(4-11-9(5)15)8-1-6(14)7(3-13)16-8/h2,6-8,13-14H,1,3-4H2,(H,11,15)/t6?,7-,8-/m1/s1. The van der Waals surface area contributed by atoms with Crippen LogP contribution in [0, 0.1) is 0 Å². The second-order valence-corrected chi connectivity index (χ2v) is 4.93. The van der Waals surface area contributed by atoms with Crippen molar-refractivity contribution in [3.8, 4) is 0 Å². The molecular formula is C9H13IN2O4. The van der Waals surface area contributed by atoms with Gasteiger partial charge in [0, 0.05) is 12.6 Å². The van der Waals surface area contributed by atoms with Crippen LogP contribution < -0.4 is 5.32 Å². The average Bonchev–Trinajstić information content (AvgIpc) is 2.64. The summed E-state index contributed by atoms with van der Waals surface area (Å²) in [4.78, 5) is 13.0. The lowest BCUT2D eigenvalue weighted by Gasteiger charge is -2.30. The molecule has 0 saturated carbocycles. The molecule has 1 amide bonds. The molecule has 0 aromatic carbocycles. The van der Waals surface area contributed by atoms with Crippen LogP contribution in [0.5, 0.6) is 0 Å². The number of hydrogen-bond donors (Lipinski definition) is 3. The Hall–Kier alpha value is -0.380. The fourth-order valence-corrected chi connectivity index (χ4v) is 2.32. The van der Waals surface area contributed by atoms with Gasteiger partial charge in [-0.3, -0.25) is 4.79 Å². The summed E-state index contributed by atoms with van der Waals surface area (Å²) in [5.74, 6) is -0.103. The smallest absolute Gasteiger partial charge is 0.260 e. The van der Waals surface area contributed by atoms with E-state index in [1.165, 1.54) is 0 Å². The van der Waals surface area contributed by atoms with Crippen LogP contribution in [0.25, 0.3) is 0 Å². The van der Waals surface area contributed by atoms with E-state index in [0.29, 0.717) is 16.7 Å². The Bertz CT molecular complexity index is 323. The lowest BCUT2D eigenvalue weighted by molar-refractivity contribution is -0.120. The molecule has 7 heteroatoms. The topological polar surface area (TPSA) is 82.0 Å². The highest BCUT2D eigenvalue weighted by Gasteiger charge is 2.37. The molecule has 2 aliphatic heterocycles. The van der Waals surface area contributed by atoms with Crippen LogP contribution in [0.4, 0.5) is 0 Å². The molecule has 3 atom stereocenters. The maximum atomic E-state index is 11.2. The van der Waals surface area contributed by atoms with Crippen LogP contribution in [0.3, 0.4) is 0 Å². The molecule has 0 radical (unpaired) electrons. The zero-order valence-corrected chi connectivity index (χ0v) is 10.6. The molecule has 3 N–H and O–H groups in total. The fraction of sp³-hybridized carbons (Fsp3) is 0.667. The molecule has 6 nitrogen and oxygen atoms in total. The summed E-state index contributed by atoms with van der Waals surface area (Å²) < 4.78 is 6.05. The number of halogens is 1. The molecule has 90 valence electrons. The predicted octanol–water partition coefficient (Wildman–Crippen LogP) is -0.880. The van der Waals surface area contributed by atoms with Gasteiger partial charge in [0.25, 0.3) is 5.91 Å². The lowest BCUT2D eigenvalue weighted by Crippen LogP contribution is -2.44. The van der Waals surface area contributed by atoms with Crippen LogP contribution >= 0.6 is 22.6 Å². The first kappa shape index (κ1) is 12.1. The Morgan fingerprint density at radius 2 is 2.44 bits per heavy atom. The molecule has 0 bridgehead atoms. The summed E-state index contributed by atoms with van der Waals surface area (Å²) in [6, 6.07) is 0. The normalized spacial score (nSPS) is 34.9. The number of carbonyl (C=O) groups is 1. The van der Waals surface area contributed by atoms with Crippen molar-refractivity contribution >= 4 is 28.5 Å². The third-order valence-electron chi connectivity index (χ3n) is 2.67. The van der Waals surface area contributed by atoms with E-state index in [9.17, 15) is 9.90 Å². The Kier molecular flexibility index (Phi) is 3.67. The van der Waals surface area contributed by atoms with Crippen molar-refractivity contribution in [2.75, 3.05) is 13.3 Å². The van der Waals surface area contributed by atoms with Gasteiger partial charge < -0.3 is 25.2 Å². The minimum absolute atomic E-state index is 0.103. The Labute approximate surface area is 106 Å². The number of carbonyl (C=O) groups excluding carboxylic acids is 1. The molecule has 2 heterocycles. The van der Waals surface area contributed by atoms with Crippen molar-refractivity contribution in [2.45, 2.75) is 24.9 Å². The number of amides is 1. The van der Waals surface area contributed by atoms with Crippen molar-refractivity contribution in [1.82, 2.24) is 10.2 Å². The first-order chi connectivity index (χ1) is 7.61. The van der Waals surface area contributed by atoms with Gasteiger partial charge in [-0.15, -0.1) is 0 Å². The summed E-state index contributed by atoms with van der Waals surface area (Å²) in [5, 5.41) is 21.2. The summed E-state index contributed by atoms with van der Waals surface area (Å²) in [7, 11) is 0. The van der Waals surface area contributed by atoms with Gasteiger partial charge >= 0.3 is 0 Å². The SMILES string of the molecule is O=C1NCN([C@H]2CC(O)[C@@H](CO)O2)C=C1I. The molecule has 1 saturated heterocycles. The van der Waals surface area contributed by atoms with Gasteiger partial charge in [0.2, 0.25) is 0 Å². The monoisotopic (exact) mass is 340 g/mol. The summed E-state index contributed by atoms with van der Waals surface area (Å²) in [5.41, 5.74) is 0. The molecule has 0 aliphatic carbocycles. The van der Waals surface area contributed by atoms with Gasteiger partial charge in [0.05, 0.1) is 23.0 Å². The number of nitrogens with zero attached hydrogens (tertiary/aromatic N) is 1. The highest BCUT2D eigenvalue weighted by atomic mass is 127. The van der Waals surface area contributed by atoms with E-state index in [1.54, 1.807) is 6.20 Å². The first-order valence-corrected chi connectivity index (χ1v) is 6.05. The minimum atomic E-state index is -0.654. The Morgan fingerprint density at radius 3 is 3.00 bits per heavy atom.